The number of para-hydroxylation sites is 1. The van der Waals surface area contributed by atoms with Gasteiger partial charge in [0.25, 0.3) is 0 Å². The monoisotopic (exact) mass is 252 g/mol. The summed E-state index contributed by atoms with van der Waals surface area (Å²) in [4.78, 5) is 16.0. The highest BCUT2D eigenvalue weighted by molar-refractivity contribution is 6.05. The molecule has 1 aromatic heterocycles. The summed E-state index contributed by atoms with van der Waals surface area (Å²) in [5.41, 5.74) is 2.53. The Bertz CT molecular complexity index is 562. The molecular formula is C16H16N2O. The Morgan fingerprint density at radius 2 is 1.84 bits per heavy atom. The van der Waals surface area contributed by atoms with Crippen molar-refractivity contribution in [1.29, 1.82) is 0 Å². The number of aromatic nitrogens is 1. The Morgan fingerprint density at radius 3 is 2.47 bits per heavy atom. The van der Waals surface area contributed by atoms with Crippen molar-refractivity contribution in [3.05, 3.63) is 72.2 Å². The van der Waals surface area contributed by atoms with Gasteiger partial charge in [0.05, 0.1) is 0 Å². The van der Waals surface area contributed by atoms with Gasteiger partial charge in [-0.15, -0.1) is 0 Å². The molecule has 0 bridgehead atoms. The average Bonchev–Trinajstić information content (AvgIpc) is 2.48. The maximum atomic E-state index is 12.1. The Kier molecular flexibility index (Phi) is 4.45. The molecule has 3 heteroatoms. The van der Waals surface area contributed by atoms with Gasteiger partial charge in [-0.2, -0.15) is 0 Å². The molecule has 0 unspecified atom stereocenters. The fourth-order valence-corrected chi connectivity index (χ4v) is 1.69. The van der Waals surface area contributed by atoms with E-state index in [0.29, 0.717) is 5.56 Å². The number of hydrogen-bond donors (Lipinski definition) is 1. The van der Waals surface area contributed by atoms with Crippen LogP contribution in [0.25, 0.3) is 0 Å². The maximum absolute atomic E-state index is 12.1. The fraction of sp³-hybridized carbons (Fsp3) is 0.125. The van der Waals surface area contributed by atoms with E-state index in [0.717, 1.165) is 17.8 Å². The van der Waals surface area contributed by atoms with Crippen LogP contribution in [0, 0.1) is 0 Å². The van der Waals surface area contributed by atoms with E-state index < -0.39 is 0 Å². The second kappa shape index (κ2) is 6.50. The summed E-state index contributed by atoms with van der Waals surface area (Å²) in [5.74, 6) is -0.0114. The Balaban J connectivity index is 2.13. The highest BCUT2D eigenvalue weighted by Gasteiger charge is 2.04. The molecule has 0 aliphatic heterocycles. The highest BCUT2D eigenvalue weighted by Crippen LogP contribution is 2.12. The number of rotatable bonds is 5. The molecule has 1 aromatic carbocycles. The number of allylic oxidation sites excluding steroid dienone is 2. The average molecular weight is 252 g/mol. The summed E-state index contributed by atoms with van der Waals surface area (Å²) in [6.45, 7) is 2.02. The normalized spacial score (nSPS) is 11.1. The van der Waals surface area contributed by atoms with Crippen LogP contribution in [0.1, 0.15) is 23.7 Å². The van der Waals surface area contributed by atoms with E-state index in [9.17, 15) is 4.79 Å². The number of ketones is 1. The van der Waals surface area contributed by atoms with Gasteiger partial charge < -0.3 is 5.32 Å². The first-order valence-corrected chi connectivity index (χ1v) is 6.26. The van der Waals surface area contributed by atoms with Gasteiger partial charge in [0.1, 0.15) is 0 Å². The SMILES string of the molecule is CC/C(=C/C(=O)c1ccncc1)Nc1ccccc1. The third-order valence-electron chi connectivity index (χ3n) is 2.73. The topological polar surface area (TPSA) is 42.0 Å². The highest BCUT2D eigenvalue weighted by atomic mass is 16.1. The summed E-state index contributed by atoms with van der Waals surface area (Å²) in [6.07, 6.45) is 5.66. The molecule has 96 valence electrons. The second-order valence-electron chi connectivity index (χ2n) is 4.11. The van der Waals surface area contributed by atoms with Gasteiger partial charge in [-0.25, -0.2) is 0 Å². The van der Waals surface area contributed by atoms with Crippen molar-refractivity contribution in [3.63, 3.8) is 0 Å². The lowest BCUT2D eigenvalue weighted by molar-refractivity contribution is 0.104. The lowest BCUT2D eigenvalue weighted by Gasteiger charge is -2.08. The molecule has 0 saturated carbocycles. The van der Waals surface area contributed by atoms with E-state index in [1.807, 2.05) is 37.3 Å². The first kappa shape index (κ1) is 13.0. The predicted molar refractivity (Wildman–Crippen MR) is 77.0 cm³/mol. The standard InChI is InChI=1S/C16H16N2O/c1-2-14(18-15-6-4-3-5-7-15)12-16(19)13-8-10-17-11-9-13/h3-12,18H,2H2,1H3/b14-12-. The number of carbonyl (C=O) groups excluding carboxylic acids is 1. The van der Waals surface area contributed by atoms with E-state index >= 15 is 0 Å². The van der Waals surface area contributed by atoms with Crippen molar-refractivity contribution in [1.82, 2.24) is 4.98 Å². The number of pyridine rings is 1. The molecule has 0 fully saturated rings. The van der Waals surface area contributed by atoms with Crippen LogP contribution in [0.3, 0.4) is 0 Å². The third-order valence-corrected chi connectivity index (χ3v) is 2.73. The maximum Gasteiger partial charge on any atom is 0.187 e. The van der Waals surface area contributed by atoms with Crippen molar-refractivity contribution in [2.45, 2.75) is 13.3 Å². The van der Waals surface area contributed by atoms with Crippen molar-refractivity contribution >= 4 is 11.5 Å². The van der Waals surface area contributed by atoms with E-state index in [1.165, 1.54) is 0 Å². The van der Waals surface area contributed by atoms with Crippen LogP contribution < -0.4 is 5.32 Å². The first-order chi connectivity index (χ1) is 9.29. The molecule has 0 spiro atoms. The molecule has 3 nitrogen and oxygen atoms in total. The molecule has 19 heavy (non-hydrogen) atoms. The van der Waals surface area contributed by atoms with Gasteiger partial charge >= 0.3 is 0 Å². The minimum absolute atomic E-state index is 0.0114. The van der Waals surface area contributed by atoms with Gasteiger partial charge in [-0.05, 0) is 30.7 Å². The van der Waals surface area contributed by atoms with Crippen LogP contribution in [-0.2, 0) is 0 Å². The molecular weight excluding hydrogens is 236 g/mol. The zero-order chi connectivity index (χ0) is 13.5. The minimum Gasteiger partial charge on any atom is -0.359 e. The number of nitrogens with one attached hydrogen (secondary N) is 1. The number of nitrogens with zero attached hydrogens (tertiary/aromatic N) is 1. The quantitative estimate of drug-likeness (QED) is 0.652. The Labute approximate surface area is 113 Å². The fourth-order valence-electron chi connectivity index (χ4n) is 1.69. The molecule has 2 rings (SSSR count). The lowest BCUT2D eigenvalue weighted by Crippen LogP contribution is -2.03. The smallest absolute Gasteiger partial charge is 0.187 e. The van der Waals surface area contributed by atoms with Crippen LogP contribution >= 0.6 is 0 Å². The molecule has 0 aliphatic rings. The molecule has 1 heterocycles. The summed E-state index contributed by atoms with van der Waals surface area (Å²) >= 11 is 0. The van der Waals surface area contributed by atoms with Crippen molar-refractivity contribution in [2.24, 2.45) is 0 Å². The van der Waals surface area contributed by atoms with Crippen LogP contribution in [-0.4, -0.2) is 10.8 Å². The van der Waals surface area contributed by atoms with E-state index in [2.05, 4.69) is 10.3 Å². The van der Waals surface area contributed by atoms with Crippen LogP contribution in [0.15, 0.2) is 66.6 Å². The minimum atomic E-state index is -0.0114. The summed E-state index contributed by atoms with van der Waals surface area (Å²) < 4.78 is 0. The number of anilines is 1. The summed E-state index contributed by atoms with van der Waals surface area (Å²) in [5, 5.41) is 3.25. The molecule has 2 aromatic rings. The number of carbonyl (C=O) groups is 1. The number of hydrogen-bond acceptors (Lipinski definition) is 3. The largest absolute Gasteiger partial charge is 0.359 e. The predicted octanol–water partition coefficient (Wildman–Crippen LogP) is 3.67. The van der Waals surface area contributed by atoms with Crippen molar-refractivity contribution in [2.75, 3.05) is 5.32 Å². The third kappa shape index (κ3) is 3.78. The van der Waals surface area contributed by atoms with Crippen LogP contribution in [0.5, 0.6) is 0 Å². The van der Waals surface area contributed by atoms with Crippen molar-refractivity contribution < 1.29 is 4.79 Å². The second-order valence-corrected chi connectivity index (χ2v) is 4.11. The molecule has 0 saturated heterocycles. The Hall–Kier alpha value is -2.42. The van der Waals surface area contributed by atoms with Crippen LogP contribution in [0.2, 0.25) is 0 Å². The van der Waals surface area contributed by atoms with Gasteiger partial charge in [-0.3, -0.25) is 9.78 Å². The Morgan fingerprint density at radius 1 is 1.16 bits per heavy atom. The molecule has 1 N–H and O–H groups in total. The van der Waals surface area contributed by atoms with E-state index in [4.69, 9.17) is 0 Å². The zero-order valence-electron chi connectivity index (χ0n) is 10.8. The van der Waals surface area contributed by atoms with Gasteiger partial charge in [-0.1, -0.05) is 25.1 Å². The van der Waals surface area contributed by atoms with Gasteiger partial charge in [0.15, 0.2) is 5.78 Å². The summed E-state index contributed by atoms with van der Waals surface area (Å²) in [6, 6.07) is 13.3. The van der Waals surface area contributed by atoms with Gasteiger partial charge in [0.2, 0.25) is 0 Å². The zero-order valence-corrected chi connectivity index (χ0v) is 10.8. The molecule has 0 aliphatic carbocycles. The number of benzene rings is 1. The lowest BCUT2D eigenvalue weighted by atomic mass is 10.1. The van der Waals surface area contributed by atoms with E-state index in [1.54, 1.807) is 30.6 Å². The molecule has 0 amide bonds. The van der Waals surface area contributed by atoms with Crippen molar-refractivity contribution in [3.8, 4) is 0 Å². The van der Waals surface area contributed by atoms with Crippen LogP contribution in [0.4, 0.5) is 5.69 Å². The first-order valence-electron chi connectivity index (χ1n) is 6.26. The van der Waals surface area contributed by atoms with Gasteiger partial charge in [0, 0.05) is 35.4 Å². The van der Waals surface area contributed by atoms with E-state index in [-0.39, 0.29) is 5.78 Å². The molecule has 0 radical (unpaired) electrons. The summed E-state index contributed by atoms with van der Waals surface area (Å²) in [7, 11) is 0. The molecule has 0 atom stereocenters.